The number of likely N-dealkylation sites (tertiary alicyclic amines) is 1. The molecule has 1 rings (SSSR count). The van der Waals surface area contributed by atoms with Crippen molar-refractivity contribution in [3.63, 3.8) is 0 Å². The van der Waals surface area contributed by atoms with Gasteiger partial charge in [-0.1, -0.05) is 0 Å². The van der Waals surface area contributed by atoms with E-state index in [0.717, 1.165) is 19.4 Å². The van der Waals surface area contributed by atoms with Gasteiger partial charge in [-0.15, -0.1) is 0 Å². The molecule has 6 heteroatoms. The number of rotatable bonds is 7. The normalized spacial score (nSPS) is 19.0. The SMILES string of the molecule is COCCNCCNC(=O)C1CCCN1C(C)=O. The number of carbonyl (C=O) groups excluding carboxylic acids is 2. The average molecular weight is 257 g/mol. The van der Waals surface area contributed by atoms with Gasteiger partial charge in [0.1, 0.15) is 6.04 Å². The summed E-state index contributed by atoms with van der Waals surface area (Å²) in [7, 11) is 1.65. The zero-order chi connectivity index (χ0) is 13.4. The molecule has 0 bridgehead atoms. The number of hydrogen-bond donors (Lipinski definition) is 2. The van der Waals surface area contributed by atoms with Crippen molar-refractivity contribution in [3.05, 3.63) is 0 Å². The second-order valence-corrected chi connectivity index (χ2v) is 4.40. The molecule has 1 aliphatic rings. The summed E-state index contributed by atoms with van der Waals surface area (Å²) in [4.78, 5) is 24.9. The van der Waals surface area contributed by atoms with Crippen molar-refractivity contribution in [2.45, 2.75) is 25.8 Å². The van der Waals surface area contributed by atoms with Gasteiger partial charge in [0.05, 0.1) is 6.61 Å². The van der Waals surface area contributed by atoms with Crippen LogP contribution in [-0.4, -0.2) is 62.7 Å². The standard InChI is InChI=1S/C12H23N3O3/c1-10(16)15-8-3-4-11(15)12(17)14-6-5-13-7-9-18-2/h11,13H,3-9H2,1-2H3,(H,14,17). The molecule has 2 amide bonds. The number of amides is 2. The zero-order valence-corrected chi connectivity index (χ0v) is 11.2. The number of hydrogen-bond acceptors (Lipinski definition) is 4. The van der Waals surface area contributed by atoms with E-state index in [-0.39, 0.29) is 17.9 Å². The maximum absolute atomic E-state index is 11.9. The van der Waals surface area contributed by atoms with Crippen molar-refractivity contribution < 1.29 is 14.3 Å². The van der Waals surface area contributed by atoms with E-state index in [9.17, 15) is 9.59 Å². The van der Waals surface area contributed by atoms with Crippen LogP contribution < -0.4 is 10.6 Å². The average Bonchev–Trinajstić information content (AvgIpc) is 2.82. The lowest BCUT2D eigenvalue weighted by Crippen LogP contribution is -2.46. The molecular formula is C12H23N3O3. The summed E-state index contributed by atoms with van der Waals surface area (Å²) in [6, 6.07) is -0.276. The molecule has 1 unspecified atom stereocenters. The van der Waals surface area contributed by atoms with Crippen LogP contribution in [0.15, 0.2) is 0 Å². The van der Waals surface area contributed by atoms with Crippen LogP contribution in [0.5, 0.6) is 0 Å². The molecule has 0 spiro atoms. The highest BCUT2D eigenvalue weighted by Crippen LogP contribution is 2.16. The summed E-state index contributed by atoms with van der Waals surface area (Å²) in [5.74, 6) is -0.0675. The second kappa shape index (κ2) is 8.05. The highest BCUT2D eigenvalue weighted by Gasteiger charge is 2.31. The molecule has 2 N–H and O–H groups in total. The Bertz CT molecular complexity index is 284. The minimum absolute atomic E-state index is 0.0223. The molecule has 0 aromatic carbocycles. The Labute approximate surface area is 108 Å². The summed E-state index contributed by atoms with van der Waals surface area (Å²) < 4.78 is 4.90. The smallest absolute Gasteiger partial charge is 0.242 e. The van der Waals surface area contributed by atoms with Crippen LogP contribution in [-0.2, 0) is 14.3 Å². The summed E-state index contributed by atoms with van der Waals surface area (Å²) >= 11 is 0. The van der Waals surface area contributed by atoms with Gasteiger partial charge in [-0.25, -0.2) is 0 Å². The maximum Gasteiger partial charge on any atom is 0.242 e. The molecule has 1 heterocycles. The highest BCUT2D eigenvalue weighted by atomic mass is 16.5. The van der Waals surface area contributed by atoms with E-state index in [4.69, 9.17) is 4.74 Å². The fraction of sp³-hybridized carbons (Fsp3) is 0.833. The molecule has 18 heavy (non-hydrogen) atoms. The number of methoxy groups -OCH3 is 1. The van der Waals surface area contributed by atoms with Crippen LogP contribution in [0.25, 0.3) is 0 Å². The lowest BCUT2D eigenvalue weighted by molar-refractivity contribution is -0.136. The van der Waals surface area contributed by atoms with E-state index in [1.807, 2.05) is 0 Å². The number of nitrogens with one attached hydrogen (secondary N) is 2. The first-order valence-electron chi connectivity index (χ1n) is 6.41. The Morgan fingerprint density at radius 3 is 2.78 bits per heavy atom. The molecule has 0 saturated carbocycles. The summed E-state index contributed by atoms with van der Waals surface area (Å²) in [5, 5.41) is 6.00. The van der Waals surface area contributed by atoms with E-state index < -0.39 is 0 Å². The monoisotopic (exact) mass is 257 g/mol. The van der Waals surface area contributed by atoms with Gasteiger partial charge in [0.25, 0.3) is 0 Å². The van der Waals surface area contributed by atoms with Gasteiger partial charge in [-0.3, -0.25) is 9.59 Å². The predicted octanol–water partition coefficient (Wildman–Crippen LogP) is -0.650. The summed E-state index contributed by atoms with van der Waals surface area (Å²) in [6.07, 6.45) is 1.67. The lowest BCUT2D eigenvalue weighted by atomic mass is 10.2. The molecule has 0 radical (unpaired) electrons. The zero-order valence-electron chi connectivity index (χ0n) is 11.2. The summed E-state index contributed by atoms with van der Waals surface area (Å²) in [6.45, 7) is 4.92. The van der Waals surface area contributed by atoms with Crippen molar-refractivity contribution in [2.24, 2.45) is 0 Å². The summed E-state index contributed by atoms with van der Waals surface area (Å²) in [5.41, 5.74) is 0. The number of nitrogens with zero attached hydrogens (tertiary/aromatic N) is 1. The van der Waals surface area contributed by atoms with Gasteiger partial charge in [0, 0.05) is 40.2 Å². The molecular weight excluding hydrogens is 234 g/mol. The third kappa shape index (κ3) is 4.62. The Balaban J connectivity index is 2.18. The van der Waals surface area contributed by atoms with Gasteiger partial charge in [0.15, 0.2) is 0 Å². The number of carbonyl (C=O) groups is 2. The van der Waals surface area contributed by atoms with E-state index in [1.165, 1.54) is 6.92 Å². The van der Waals surface area contributed by atoms with Crippen molar-refractivity contribution >= 4 is 11.8 Å². The molecule has 6 nitrogen and oxygen atoms in total. The van der Waals surface area contributed by atoms with Crippen LogP contribution >= 0.6 is 0 Å². The van der Waals surface area contributed by atoms with Gasteiger partial charge in [0.2, 0.25) is 11.8 Å². The first-order chi connectivity index (χ1) is 8.66. The first kappa shape index (κ1) is 14.9. The topological polar surface area (TPSA) is 70.7 Å². The minimum atomic E-state index is -0.276. The molecule has 1 saturated heterocycles. The third-order valence-electron chi connectivity index (χ3n) is 3.04. The van der Waals surface area contributed by atoms with Crippen LogP contribution in [0.3, 0.4) is 0 Å². The van der Waals surface area contributed by atoms with Crippen molar-refractivity contribution in [1.82, 2.24) is 15.5 Å². The van der Waals surface area contributed by atoms with Gasteiger partial charge >= 0.3 is 0 Å². The van der Waals surface area contributed by atoms with E-state index in [2.05, 4.69) is 10.6 Å². The minimum Gasteiger partial charge on any atom is -0.383 e. The fourth-order valence-electron chi connectivity index (χ4n) is 2.11. The lowest BCUT2D eigenvalue weighted by Gasteiger charge is -2.22. The quantitative estimate of drug-likeness (QED) is 0.595. The molecule has 1 fully saturated rings. The molecule has 0 aromatic heterocycles. The molecule has 0 aliphatic carbocycles. The van der Waals surface area contributed by atoms with Crippen molar-refractivity contribution in [3.8, 4) is 0 Å². The Morgan fingerprint density at radius 1 is 1.33 bits per heavy atom. The fourth-order valence-corrected chi connectivity index (χ4v) is 2.11. The van der Waals surface area contributed by atoms with Gasteiger partial charge in [-0.05, 0) is 12.8 Å². The van der Waals surface area contributed by atoms with Crippen molar-refractivity contribution in [2.75, 3.05) is 39.9 Å². The first-order valence-corrected chi connectivity index (χ1v) is 6.41. The van der Waals surface area contributed by atoms with E-state index in [0.29, 0.717) is 26.2 Å². The Hall–Kier alpha value is -1.14. The maximum atomic E-state index is 11.9. The molecule has 1 aliphatic heterocycles. The molecule has 104 valence electrons. The Morgan fingerprint density at radius 2 is 2.11 bits per heavy atom. The van der Waals surface area contributed by atoms with E-state index in [1.54, 1.807) is 12.0 Å². The van der Waals surface area contributed by atoms with Crippen LogP contribution in [0.1, 0.15) is 19.8 Å². The second-order valence-electron chi connectivity index (χ2n) is 4.40. The van der Waals surface area contributed by atoms with Gasteiger partial charge in [-0.2, -0.15) is 0 Å². The van der Waals surface area contributed by atoms with Gasteiger partial charge < -0.3 is 20.3 Å². The highest BCUT2D eigenvalue weighted by molar-refractivity contribution is 5.87. The third-order valence-corrected chi connectivity index (χ3v) is 3.04. The molecule has 1 atom stereocenters. The van der Waals surface area contributed by atoms with E-state index >= 15 is 0 Å². The number of ether oxygens (including phenoxy) is 1. The van der Waals surface area contributed by atoms with Crippen LogP contribution in [0.4, 0.5) is 0 Å². The molecule has 0 aromatic rings. The Kier molecular flexibility index (Phi) is 6.67. The predicted molar refractivity (Wildman–Crippen MR) is 68.2 cm³/mol. The largest absolute Gasteiger partial charge is 0.383 e. The van der Waals surface area contributed by atoms with Crippen LogP contribution in [0, 0.1) is 0 Å². The van der Waals surface area contributed by atoms with Crippen LogP contribution in [0.2, 0.25) is 0 Å². The van der Waals surface area contributed by atoms with Crippen molar-refractivity contribution in [1.29, 1.82) is 0 Å².